The van der Waals surface area contributed by atoms with Gasteiger partial charge >= 0.3 is 0 Å². The second-order valence-electron chi connectivity index (χ2n) is 17.2. The van der Waals surface area contributed by atoms with E-state index in [-0.39, 0.29) is 0 Å². The maximum Gasteiger partial charge on any atom is 0.164 e. The molecule has 0 bridgehead atoms. The molecule has 3 aromatic heterocycles. The van der Waals surface area contributed by atoms with Crippen molar-refractivity contribution in [1.82, 2.24) is 19.5 Å². The predicted molar refractivity (Wildman–Crippen MR) is 285 cm³/mol. The van der Waals surface area contributed by atoms with Crippen molar-refractivity contribution in [3.63, 3.8) is 0 Å². The SMILES string of the molecule is c1ccc(-c2ccc(-c3nc(-c4cccc(-c5ccccc5)c4)nc(-c4ccc(-n5c6ccccc6c6ccc(-c7cccc8c7sc7ccccc78)cc65)c(-c5ccccc5)c4)n3)cc2)cc1. The molecule has 0 unspecified atom stereocenters. The van der Waals surface area contributed by atoms with Gasteiger partial charge in [-0.25, -0.2) is 15.0 Å². The quantitative estimate of drug-likeness (QED) is 0.153. The van der Waals surface area contributed by atoms with Crippen molar-refractivity contribution in [2.75, 3.05) is 0 Å². The summed E-state index contributed by atoms with van der Waals surface area (Å²) < 4.78 is 5.05. The first kappa shape index (κ1) is 39.6. The van der Waals surface area contributed by atoms with Gasteiger partial charge in [0.05, 0.1) is 16.7 Å². The fourth-order valence-corrected chi connectivity index (χ4v) is 11.0. The van der Waals surface area contributed by atoms with Crippen LogP contribution < -0.4 is 0 Å². The van der Waals surface area contributed by atoms with Gasteiger partial charge in [-0.3, -0.25) is 0 Å². The molecule has 0 saturated carbocycles. The van der Waals surface area contributed by atoms with Crippen LogP contribution >= 0.6 is 11.3 Å². The average molecular weight is 885 g/mol. The summed E-state index contributed by atoms with van der Waals surface area (Å²) in [7, 11) is 0. The summed E-state index contributed by atoms with van der Waals surface area (Å²) in [4.78, 5) is 15.7. The Morgan fingerprint density at radius 1 is 0.279 bits per heavy atom. The highest BCUT2D eigenvalue weighted by Gasteiger charge is 2.20. The Balaban J connectivity index is 1.00. The first-order valence-electron chi connectivity index (χ1n) is 22.9. The molecule has 68 heavy (non-hydrogen) atoms. The van der Waals surface area contributed by atoms with E-state index in [9.17, 15) is 0 Å². The fraction of sp³-hybridized carbons (Fsp3) is 0. The largest absolute Gasteiger partial charge is 0.309 e. The second-order valence-corrected chi connectivity index (χ2v) is 18.2. The third-order valence-corrected chi connectivity index (χ3v) is 14.3. The van der Waals surface area contributed by atoms with Crippen molar-refractivity contribution < 1.29 is 0 Å². The Morgan fingerprint density at radius 3 is 1.53 bits per heavy atom. The van der Waals surface area contributed by atoms with Gasteiger partial charge in [-0.05, 0) is 81.4 Å². The standard InChI is InChI=1S/C63H40N4S/c1-4-16-41(17-5-1)43-30-32-45(33-31-43)61-64-62(48-23-14-22-46(38-48)42-18-6-2-7-19-42)66-63(65-61)49-35-37-57(55(39-49)44-20-8-3-9-21-44)67-56-28-12-10-24-51(56)52-36-34-47(40-58(52)67)50-26-15-27-54-53-25-11-13-29-59(53)68-60(50)54/h1-40H. The maximum absolute atomic E-state index is 5.28. The lowest BCUT2D eigenvalue weighted by molar-refractivity contribution is 1.07. The molecule has 0 amide bonds. The number of hydrogen-bond acceptors (Lipinski definition) is 4. The van der Waals surface area contributed by atoms with Gasteiger partial charge in [-0.1, -0.05) is 200 Å². The molecule has 0 aliphatic carbocycles. The molecule has 0 radical (unpaired) electrons. The van der Waals surface area contributed by atoms with Crippen LogP contribution in [0.1, 0.15) is 0 Å². The van der Waals surface area contributed by atoms with E-state index in [1.807, 2.05) is 23.5 Å². The molecule has 318 valence electrons. The van der Waals surface area contributed by atoms with Gasteiger partial charge in [0.25, 0.3) is 0 Å². The molecule has 0 atom stereocenters. The normalized spacial score (nSPS) is 11.5. The average Bonchev–Trinajstić information content (AvgIpc) is 3.97. The Morgan fingerprint density at radius 2 is 0.779 bits per heavy atom. The van der Waals surface area contributed by atoms with Crippen LogP contribution in [0.4, 0.5) is 0 Å². The third kappa shape index (κ3) is 6.96. The van der Waals surface area contributed by atoms with E-state index in [1.165, 1.54) is 42.1 Å². The van der Waals surface area contributed by atoms with Crippen LogP contribution in [0.3, 0.4) is 0 Å². The molecule has 0 aliphatic heterocycles. The number of para-hydroxylation sites is 1. The Bertz CT molecular complexity index is 4010. The van der Waals surface area contributed by atoms with Crippen LogP contribution in [0.25, 0.3) is 126 Å². The van der Waals surface area contributed by atoms with Crippen LogP contribution in [0, 0.1) is 0 Å². The molecule has 13 aromatic rings. The summed E-state index contributed by atoms with van der Waals surface area (Å²) in [5.41, 5.74) is 15.2. The monoisotopic (exact) mass is 884 g/mol. The van der Waals surface area contributed by atoms with Crippen LogP contribution in [0.15, 0.2) is 243 Å². The molecule has 13 rings (SSSR count). The molecule has 5 heteroatoms. The summed E-state index contributed by atoms with van der Waals surface area (Å²) in [6.07, 6.45) is 0. The summed E-state index contributed by atoms with van der Waals surface area (Å²) in [5, 5.41) is 5.01. The van der Waals surface area contributed by atoms with E-state index >= 15 is 0 Å². The summed E-state index contributed by atoms with van der Waals surface area (Å²) >= 11 is 1.87. The maximum atomic E-state index is 5.28. The number of aromatic nitrogens is 4. The smallest absolute Gasteiger partial charge is 0.164 e. The Kier molecular flexibility index (Phi) is 9.66. The molecule has 3 heterocycles. The van der Waals surface area contributed by atoms with Gasteiger partial charge < -0.3 is 4.57 Å². The number of nitrogens with zero attached hydrogens (tertiary/aromatic N) is 4. The lowest BCUT2D eigenvalue weighted by Gasteiger charge is -2.17. The second kappa shape index (κ2) is 16.6. The first-order chi connectivity index (χ1) is 33.7. The zero-order chi connectivity index (χ0) is 45.0. The van der Waals surface area contributed by atoms with E-state index < -0.39 is 0 Å². The van der Waals surface area contributed by atoms with E-state index in [4.69, 9.17) is 15.0 Å². The van der Waals surface area contributed by atoms with Crippen molar-refractivity contribution >= 4 is 53.3 Å². The zero-order valence-electron chi connectivity index (χ0n) is 36.8. The topological polar surface area (TPSA) is 43.6 Å². The fourth-order valence-electron chi connectivity index (χ4n) is 9.77. The van der Waals surface area contributed by atoms with Gasteiger partial charge in [0, 0.05) is 53.2 Å². The first-order valence-corrected chi connectivity index (χ1v) is 23.7. The van der Waals surface area contributed by atoms with Crippen LogP contribution in [-0.2, 0) is 0 Å². The summed E-state index contributed by atoms with van der Waals surface area (Å²) in [5.74, 6) is 1.83. The van der Waals surface area contributed by atoms with Crippen molar-refractivity contribution in [2.45, 2.75) is 0 Å². The summed E-state index contributed by atoms with van der Waals surface area (Å²) in [6, 6.07) is 86.4. The lowest BCUT2D eigenvalue weighted by Crippen LogP contribution is -2.02. The Hall–Kier alpha value is -8.77. The van der Waals surface area contributed by atoms with E-state index in [1.54, 1.807) is 0 Å². The minimum absolute atomic E-state index is 0.604. The number of thiophene rings is 1. The van der Waals surface area contributed by atoms with E-state index in [0.29, 0.717) is 17.5 Å². The molecule has 0 fully saturated rings. The molecular formula is C63H40N4S. The van der Waals surface area contributed by atoms with Crippen LogP contribution in [-0.4, -0.2) is 19.5 Å². The Labute approximate surface area is 397 Å². The molecule has 4 nitrogen and oxygen atoms in total. The molecule has 0 aliphatic rings. The molecule has 0 N–H and O–H groups in total. The highest BCUT2D eigenvalue weighted by molar-refractivity contribution is 7.26. The minimum Gasteiger partial charge on any atom is -0.309 e. The highest BCUT2D eigenvalue weighted by Crippen LogP contribution is 2.43. The van der Waals surface area contributed by atoms with Gasteiger partial charge in [-0.15, -0.1) is 11.3 Å². The number of benzene rings is 10. The van der Waals surface area contributed by atoms with Gasteiger partial charge in [-0.2, -0.15) is 0 Å². The molecule has 10 aromatic carbocycles. The van der Waals surface area contributed by atoms with Crippen LogP contribution in [0.2, 0.25) is 0 Å². The molecule has 0 spiro atoms. The summed E-state index contributed by atoms with van der Waals surface area (Å²) in [6.45, 7) is 0. The van der Waals surface area contributed by atoms with Crippen LogP contribution in [0.5, 0.6) is 0 Å². The van der Waals surface area contributed by atoms with Gasteiger partial charge in [0.15, 0.2) is 17.5 Å². The highest BCUT2D eigenvalue weighted by atomic mass is 32.1. The van der Waals surface area contributed by atoms with Crippen molar-refractivity contribution in [2.24, 2.45) is 0 Å². The third-order valence-electron chi connectivity index (χ3n) is 13.1. The number of fused-ring (bicyclic) bond motifs is 6. The lowest BCUT2D eigenvalue weighted by atomic mass is 9.99. The van der Waals surface area contributed by atoms with Crippen molar-refractivity contribution in [3.05, 3.63) is 243 Å². The van der Waals surface area contributed by atoms with E-state index in [2.05, 4.69) is 235 Å². The minimum atomic E-state index is 0.604. The van der Waals surface area contributed by atoms with E-state index in [0.717, 1.165) is 66.8 Å². The number of hydrogen-bond donors (Lipinski definition) is 0. The number of rotatable bonds is 8. The van der Waals surface area contributed by atoms with Crippen molar-refractivity contribution in [3.8, 4) is 84.4 Å². The van der Waals surface area contributed by atoms with Crippen molar-refractivity contribution in [1.29, 1.82) is 0 Å². The molecule has 0 saturated heterocycles. The van der Waals surface area contributed by atoms with Gasteiger partial charge in [0.1, 0.15) is 0 Å². The zero-order valence-corrected chi connectivity index (χ0v) is 37.6. The predicted octanol–water partition coefficient (Wildman–Crippen LogP) is 17.0. The van der Waals surface area contributed by atoms with Gasteiger partial charge in [0.2, 0.25) is 0 Å². The molecular weight excluding hydrogens is 845 g/mol.